The monoisotopic (exact) mass is 616 g/mol. The van der Waals surface area contributed by atoms with Crippen LogP contribution in [0.1, 0.15) is 42.4 Å². The SMILES string of the molecule is COCCCOc1cc(CN(C(=O)C2=C(c3cccc(OCc4cc(OC)cc(OC)c4)c3)CCNC2)C2CC2)cc(OC)c1. The Hall–Kier alpha value is -4.21. The third kappa shape index (κ3) is 8.71. The van der Waals surface area contributed by atoms with Crippen molar-refractivity contribution in [1.82, 2.24) is 10.2 Å². The summed E-state index contributed by atoms with van der Waals surface area (Å²) in [5, 5.41) is 3.43. The predicted molar refractivity (Wildman–Crippen MR) is 173 cm³/mol. The van der Waals surface area contributed by atoms with Gasteiger partial charge in [-0.05, 0) is 84.5 Å². The standard InChI is InChI=1S/C36H44N2O7/c1-40-13-6-14-44-33-16-25(15-30(21-33)41-2)23-38(28-9-10-28)36(39)35-22-37-12-11-34(35)27-7-5-8-29(19-27)45-24-26-17-31(42-3)20-32(18-26)43-4/h5,7-8,15-21,28,37H,6,9-14,22-24H2,1-4H3. The summed E-state index contributed by atoms with van der Waals surface area (Å²) in [4.78, 5) is 16.3. The first-order valence-electron chi connectivity index (χ1n) is 15.5. The number of benzene rings is 3. The number of hydrogen-bond donors (Lipinski definition) is 1. The summed E-state index contributed by atoms with van der Waals surface area (Å²) in [7, 11) is 6.59. The fourth-order valence-electron chi connectivity index (χ4n) is 5.54. The molecule has 45 heavy (non-hydrogen) atoms. The van der Waals surface area contributed by atoms with Crippen molar-refractivity contribution in [2.45, 2.75) is 44.9 Å². The molecular weight excluding hydrogens is 572 g/mol. The van der Waals surface area contributed by atoms with Gasteiger partial charge in [-0.15, -0.1) is 0 Å². The van der Waals surface area contributed by atoms with Gasteiger partial charge in [-0.25, -0.2) is 0 Å². The number of carbonyl (C=O) groups is 1. The molecule has 9 heteroatoms. The minimum absolute atomic E-state index is 0.0693. The summed E-state index contributed by atoms with van der Waals surface area (Å²) in [6.07, 6.45) is 3.56. The van der Waals surface area contributed by atoms with Crippen LogP contribution >= 0.6 is 0 Å². The molecule has 9 nitrogen and oxygen atoms in total. The maximum atomic E-state index is 14.3. The third-order valence-corrected chi connectivity index (χ3v) is 8.01. The Labute approximate surface area is 266 Å². The van der Waals surface area contributed by atoms with Gasteiger partial charge in [0.15, 0.2) is 0 Å². The predicted octanol–water partition coefficient (Wildman–Crippen LogP) is 5.64. The highest BCUT2D eigenvalue weighted by Gasteiger charge is 2.35. The number of nitrogens with one attached hydrogen (secondary N) is 1. The summed E-state index contributed by atoms with van der Waals surface area (Å²) in [5.74, 6) is 3.67. The molecule has 0 unspecified atom stereocenters. The minimum Gasteiger partial charge on any atom is -0.497 e. The molecule has 0 radical (unpaired) electrons. The molecule has 0 aromatic heterocycles. The van der Waals surface area contributed by atoms with Crippen LogP contribution in [0.2, 0.25) is 0 Å². The summed E-state index contributed by atoms with van der Waals surface area (Å²) in [6, 6.07) is 19.8. The second-order valence-corrected chi connectivity index (χ2v) is 11.3. The highest BCUT2D eigenvalue weighted by Crippen LogP contribution is 2.35. The lowest BCUT2D eigenvalue weighted by molar-refractivity contribution is -0.128. The number of carbonyl (C=O) groups excluding carboxylic acids is 1. The van der Waals surface area contributed by atoms with Crippen LogP contribution in [-0.4, -0.2) is 71.6 Å². The van der Waals surface area contributed by atoms with E-state index in [1.807, 2.05) is 59.5 Å². The number of nitrogens with zero attached hydrogens (tertiary/aromatic N) is 1. The van der Waals surface area contributed by atoms with Gasteiger partial charge in [0.05, 0.1) is 27.9 Å². The molecule has 5 rings (SSSR count). The van der Waals surface area contributed by atoms with Gasteiger partial charge in [0.2, 0.25) is 0 Å². The van der Waals surface area contributed by atoms with E-state index in [0.29, 0.717) is 50.2 Å². The lowest BCUT2D eigenvalue weighted by Crippen LogP contribution is -2.39. The van der Waals surface area contributed by atoms with Crippen LogP contribution in [0.25, 0.3) is 5.57 Å². The molecular formula is C36H44N2O7. The van der Waals surface area contributed by atoms with Crippen molar-refractivity contribution in [3.8, 4) is 28.7 Å². The molecule has 1 aliphatic carbocycles. The molecule has 0 atom stereocenters. The van der Waals surface area contributed by atoms with E-state index >= 15 is 0 Å². The molecule has 0 bridgehead atoms. The lowest BCUT2D eigenvalue weighted by Gasteiger charge is -2.28. The van der Waals surface area contributed by atoms with Gasteiger partial charge in [-0.1, -0.05) is 12.1 Å². The second-order valence-electron chi connectivity index (χ2n) is 11.3. The summed E-state index contributed by atoms with van der Waals surface area (Å²) in [5.41, 5.74) is 4.79. The van der Waals surface area contributed by atoms with E-state index in [9.17, 15) is 4.79 Å². The second kappa shape index (κ2) is 15.7. The normalized spacial score (nSPS) is 14.6. The van der Waals surface area contributed by atoms with Gasteiger partial charge < -0.3 is 38.6 Å². The zero-order valence-corrected chi connectivity index (χ0v) is 26.7. The number of ether oxygens (including phenoxy) is 6. The van der Waals surface area contributed by atoms with E-state index in [0.717, 1.165) is 71.6 Å². The molecule has 3 aromatic carbocycles. The molecule has 1 aliphatic heterocycles. The van der Waals surface area contributed by atoms with Crippen molar-refractivity contribution in [3.05, 3.63) is 82.9 Å². The Kier molecular flexibility index (Phi) is 11.2. The Bertz CT molecular complexity index is 1460. The average molecular weight is 617 g/mol. The fraction of sp³-hybridized carbons (Fsp3) is 0.417. The largest absolute Gasteiger partial charge is 0.497 e. The van der Waals surface area contributed by atoms with Crippen molar-refractivity contribution >= 4 is 11.5 Å². The van der Waals surface area contributed by atoms with Crippen LogP contribution in [0, 0.1) is 0 Å². The van der Waals surface area contributed by atoms with Crippen LogP contribution in [-0.2, 0) is 22.7 Å². The maximum absolute atomic E-state index is 14.3. The van der Waals surface area contributed by atoms with Crippen LogP contribution in [0.5, 0.6) is 28.7 Å². The van der Waals surface area contributed by atoms with Gasteiger partial charge in [-0.2, -0.15) is 0 Å². The fourth-order valence-corrected chi connectivity index (χ4v) is 5.54. The van der Waals surface area contributed by atoms with E-state index in [-0.39, 0.29) is 11.9 Å². The Morgan fingerprint density at radius 2 is 1.49 bits per heavy atom. The van der Waals surface area contributed by atoms with E-state index in [2.05, 4.69) is 11.4 Å². The Morgan fingerprint density at radius 3 is 2.18 bits per heavy atom. The highest BCUT2D eigenvalue weighted by atomic mass is 16.5. The van der Waals surface area contributed by atoms with E-state index in [4.69, 9.17) is 28.4 Å². The maximum Gasteiger partial charge on any atom is 0.251 e. The molecule has 1 heterocycles. The quantitative estimate of drug-likeness (QED) is 0.207. The number of hydrogen-bond acceptors (Lipinski definition) is 8. The highest BCUT2D eigenvalue weighted by molar-refractivity contribution is 6.02. The lowest BCUT2D eigenvalue weighted by atomic mass is 9.93. The molecule has 1 fully saturated rings. The first-order valence-corrected chi connectivity index (χ1v) is 15.5. The minimum atomic E-state index is 0.0693. The molecule has 240 valence electrons. The summed E-state index contributed by atoms with van der Waals surface area (Å²) in [6.45, 7) is 3.36. The summed E-state index contributed by atoms with van der Waals surface area (Å²) < 4.78 is 33.7. The van der Waals surface area contributed by atoms with Crippen LogP contribution in [0.3, 0.4) is 0 Å². The van der Waals surface area contributed by atoms with E-state index < -0.39 is 0 Å². The Morgan fingerprint density at radius 1 is 0.800 bits per heavy atom. The zero-order valence-electron chi connectivity index (χ0n) is 26.7. The average Bonchev–Trinajstić information content (AvgIpc) is 3.93. The van der Waals surface area contributed by atoms with Crippen molar-refractivity contribution in [3.63, 3.8) is 0 Å². The molecule has 1 amide bonds. The van der Waals surface area contributed by atoms with Crippen molar-refractivity contribution in [2.24, 2.45) is 0 Å². The summed E-state index contributed by atoms with van der Waals surface area (Å²) >= 11 is 0. The first-order chi connectivity index (χ1) is 22.0. The number of methoxy groups -OCH3 is 4. The van der Waals surface area contributed by atoms with Gasteiger partial charge >= 0.3 is 0 Å². The Balaban J connectivity index is 1.35. The van der Waals surface area contributed by atoms with E-state index in [1.165, 1.54) is 0 Å². The van der Waals surface area contributed by atoms with Crippen molar-refractivity contribution < 1.29 is 33.2 Å². The topological polar surface area (TPSA) is 87.7 Å². The molecule has 0 saturated heterocycles. The zero-order chi connectivity index (χ0) is 31.6. The van der Waals surface area contributed by atoms with Gasteiger partial charge in [0.1, 0.15) is 35.4 Å². The van der Waals surface area contributed by atoms with Crippen LogP contribution in [0.4, 0.5) is 0 Å². The molecule has 0 spiro atoms. The number of amides is 1. The van der Waals surface area contributed by atoms with Crippen LogP contribution < -0.4 is 29.0 Å². The van der Waals surface area contributed by atoms with Crippen LogP contribution in [0.15, 0.2) is 66.2 Å². The first kappa shape index (κ1) is 32.2. The molecule has 1 saturated carbocycles. The molecule has 2 aliphatic rings. The van der Waals surface area contributed by atoms with Gasteiger partial charge in [0.25, 0.3) is 5.91 Å². The molecule has 3 aromatic rings. The van der Waals surface area contributed by atoms with Gasteiger partial charge in [0, 0.05) is 57.0 Å². The third-order valence-electron chi connectivity index (χ3n) is 8.01. The van der Waals surface area contributed by atoms with Crippen molar-refractivity contribution in [2.75, 3.05) is 54.7 Å². The van der Waals surface area contributed by atoms with E-state index in [1.54, 1.807) is 28.4 Å². The molecule has 1 N–H and O–H groups in total. The smallest absolute Gasteiger partial charge is 0.251 e. The van der Waals surface area contributed by atoms with Gasteiger partial charge in [-0.3, -0.25) is 4.79 Å². The van der Waals surface area contributed by atoms with Crippen molar-refractivity contribution in [1.29, 1.82) is 0 Å². The number of rotatable bonds is 16.